The second kappa shape index (κ2) is 3.05. The molecule has 0 fully saturated rings. The van der Waals surface area contributed by atoms with Crippen molar-refractivity contribution >= 4 is 29.0 Å². The normalized spacial score (nSPS) is 14.5. The summed E-state index contributed by atoms with van der Waals surface area (Å²) in [6.45, 7) is 1.80. The fourth-order valence-electron chi connectivity index (χ4n) is 1.08. The third kappa shape index (κ3) is 1.32. The average Bonchev–Trinajstić information content (AvgIpc) is 2.63. The van der Waals surface area contributed by atoms with E-state index in [1.54, 1.807) is 23.8 Å². The molecule has 0 saturated heterocycles. The number of hydrogen-bond acceptors (Lipinski definition) is 2. The van der Waals surface area contributed by atoms with Crippen molar-refractivity contribution in [2.75, 3.05) is 0 Å². The van der Waals surface area contributed by atoms with Gasteiger partial charge in [0.15, 0.2) is 16.1 Å². The van der Waals surface area contributed by atoms with E-state index in [1.807, 2.05) is 0 Å². The van der Waals surface area contributed by atoms with Crippen LogP contribution in [0.3, 0.4) is 0 Å². The molecule has 1 aliphatic heterocycles. The van der Waals surface area contributed by atoms with Crippen LogP contribution in [0.5, 0.6) is 0 Å². The van der Waals surface area contributed by atoms with E-state index < -0.39 is 0 Å². The van der Waals surface area contributed by atoms with Gasteiger partial charge < -0.3 is 0 Å². The number of hydrogen-bond donors (Lipinski definition) is 0. The Hall–Kier alpha value is -1.00. The number of aryl methyl sites for hydroxylation is 1. The van der Waals surface area contributed by atoms with Crippen molar-refractivity contribution in [2.45, 2.75) is 6.92 Å². The Morgan fingerprint density at radius 2 is 2.15 bits per heavy atom. The maximum absolute atomic E-state index is 5.91. The Balaban J connectivity index is 2.56. The van der Waals surface area contributed by atoms with Crippen LogP contribution >= 0.6 is 23.2 Å². The van der Waals surface area contributed by atoms with E-state index in [-0.39, 0.29) is 5.15 Å². The van der Waals surface area contributed by atoms with Crippen molar-refractivity contribution in [3.8, 4) is 0 Å². The summed E-state index contributed by atoms with van der Waals surface area (Å²) in [5.41, 5.74) is 3.69. The summed E-state index contributed by atoms with van der Waals surface area (Å²) in [5.74, 6) is 1.32. The number of aromatic nitrogens is 2. The molecule has 4 nitrogen and oxygen atoms in total. The van der Waals surface area contributed by atoms with Crippen molar-refractivity contribution in [3.05, 3.63) is 28.4 Å². The van der Waals surface area contributed by atoms with E-state index >= 15 is 0 Å². The minimum atomic E-state index is 0.280. The monoisotopic (exact) mass is 215 g/mol. The summed E-state index contributed by atoms with van der Waals surface area (Å²) < 4.78 is 1.64. The van der Waals surface area contributed by atoms with Gasteiger partial charge in [-0.3, -0.25) is 4.57 Å². The molecule has 0 aliphatic carbocycles. The summed E-state index contributed by atoms with van der Waals surface area (Å²) in [7, 11) is 0. The molecule has 0 spiro atoms. The van der Waals surface area contributed by atoms with Crippen molar-refractivity contribution in [3.63, 3.8) is 0 Å². The predicted molar refractivity (Wildman–Crippen MR) is 51.1 cm³/mol. The lowest BCUT2D eigenvalue weighted by atomic mass is 10.5. The van der Waals surface area contributed by atoms with Crippen LogP contribution < -0.4 is 5.43 Å². The molecular weight excluding hydrogens is 211 g/mol. The molecule has 13 heavy (non-hydrogen) atoms. The van der Waals surface area contributed by atoms with Crippen LogP contribution in [0.25, 0.3) is 0 Å². The van der Waals surface area contributed by atoms with Gasteiger partial charge in [-0.15, -0.1) is 5.10 Å². The third-order valence-electron chi connectivity index (χ3n) is 1.63. The van der Waals surface area contributed by atoms with Gasteiger partial charge in [0.2, 0.25) is 0 Å². The van der Waals surface area contributed by atoms with E-state index in [1.165, 1.54) is 0 Å². The molecule has 0 atom stereocenters. The molecule has 1 radical (unpaired) electrons. The Morgan fingerprint density at radius 3 is 2.62 bits per heavy atom. The first kappa shape index (κ1) is 8.59. The Kier molecular flexibility index (Phi) is 2.01. The van der Waals surface area contributed by atoms with Gasteiger partial charge in [0.05, 0.1) is 6.20 Å². The quantitative estimate of drug-likeness (QED) is 0.651. The van der Waals surface area contributed by atoms with E-state index in [2.05, 4.69) is 15.5 Å². The van der Waals surface area contributed by atoms with Crippen LogP contribution in [0.15, 0.2) is 17.4 Å². The summed E-state index contributed by atoms with van der Waals surface area (Å²) in [6.07, 6.45) is 3.32. The maximum Gasteiger partial charge on any atom is 0.166 e. The summed E-state index contributed by atoms with van der Waals surface area (Å²) in [5, 5.41) is 4.49. The third-order valence-corrected chi connectivity index (χ3v) is 2.34. The number of imidazole rings is 1. The summed E-state index contributed by atoms with van der Waals surface area (Å²) >= 11 is 11.6. The second-order valence-electron chi connectivity index (χ2n) is 2.47. The minimum absolute atomic E-state index is 0.280. The SMILES string of the molecule is Cc1nc(Cl)c(Cl)n1C1=N[N]C=C1. The standard InChI is InChI=1S/C7H5Cl2N4/c1-4-11-6(8)7(9)13(4)5-2-3-10-12-5/h2-3H,1H3. The molecule has 2 rings (SSSR count). The van der Waals surface area contributed by atoms with Crippen molar-refractivity contribution in [1.82, 2.24) is 15.0 Å². The van der Waals surface area contributed by atoms with E-state index in [9.17, 15) is 0 Å². The first-order chi connectivity index (χ1) is 6.20. The topological polar surface area (TPSA) is 44.3 Å². The number of allylic oxidation sites excluding steroid dienone is 1. The molecule has 0 unspecified atom stereocenters. The second-order valence-corrected chi connectivity index (χ2v) is 3.18. The zero-order valence-corrected chi connectivity index (χ0v) is 8.21. The van der Waals surface area contributed by atoms with Crippen LogP contribution in [0.4, 0.5) is 0 Å². The lowest BCUT2D eigenvalue weighted by Gasteiger charge is -2.01. The zero-order valence-electron chi connectivity index (χ0n) is 6.70. The molecule has 0 amide bonds. The maximum atomic E-state index is 5.91. The van der Waals surface area contributed by atoms with Crippen LogP contribution in [-0.2, 0) is 0 Å². The van der Waals surface area contributed by atoms with Crippen molar-refractivity contribution < 1.29 is 0 Å². The molecule has 0 N–H and O–H groups in total. The molecule has 67 valence electrons. The van der Waals surface area contributed by atoms with Crippen LogP contribution in [0, 0.1) is 6.92 Å². The molecule has 0 bridgehead atoms. The van der Waals surface area contributed by atoms with Gasteiger partial charge in [0.25, 0.3) is 0 Å². The fraction of sp³-hybridized carbons (Fsp3) is 0.143. The van der Waals surface area contributed by atoms with Gasteiger partial charge in [-0.25, -0.2) is 4.98 Å². The summed E-state index contributed by atoms with van der Waals surface area (Å²) in [4.78, 5) is 4.00. The van der Waals surface area contributed by atoms with E-state index in [4.69, 9.17) is 23.2 Å². The molecule has 1 aliphatic rings. The van der Waals surface area contributed by atoms with Gasteiger partial charge in [-0.1, -0.05) is 23.2 Å². The average molecular weight is 216 g/mol. The molecule has 2 heterocycles. The van der Waals surface area contributed by atoms with Gasteiger partial charge >= 0.3 is 0 Å². The van der Waals surface area contributed by atoms with Gasteiger partial charge in [-0.2, -0.15) is 5.43 Å². The highest BCUT2D eigenvalue weighted by molar-refractivity contribution is 6.41. The summed E-state index contributed by atoms with van der Waals surface area (Å²) in [6, 6.07) is 0. The van der Waals surface area contributed by atoms with Crippen molar-refractivity contribution in [1.29, 1.82) is 0 Å². The highest BCUT2D eigenvalue weighted by Gasteiger charge is 2.15. The van der Waals surface area contributed by atoms with Crippen LogP contribution in [-0.4, -0.2) is 15.4 Å². The van der Waals surface area contributed by atoms with E-state index in [0.29, 0.717) is 16.8 Å². The number of rotatable bonds is 0. The molecule has 0 saturated carbocycles. The fourth-order valence-corrected chi connectivity index (χ4v) is 1.54. The molecular formula is C7H5Cl2N4. The molecule has 1 aromatic rings. The van der Waals surface area contributed by atoms with Crippen LogP contribution in [0.1, 0.15) is 5.82 Å². The Morgan fingerprint density at radius 1 is 1.38 bits per heavy atom. The Bertz CT molecular complexity index is 405. The lowest BCUT2D eigenvalue weighted by Crippen LogP contribution is -2.09. The molecule has 1 aromatic heterocycles. The predicted octanol–water partition coefficient (Wildman–Crippen LogP) is 1.79. The number of halogens is 2. The Labute approximate surface area is 84.9 Å². The smallest absolute Gasteiger partial charge is 0.166 e. The molecule has 0 aromatic carbocycles. The highest BCUT2D eigenvalue weighted by Crippen LogP contribution is 2.22. The van der Waals surface area contributed by atoms with Gasteiger partial charge in [0, 0.05) is 6.08 Å². The van der Waals surface area contributed by atoms with Crippen LogP contribution in [0.2, 0.25) is 10.3 Å². The largest absolute Gasteiger partial charge is 0.268 e. The zero-order chi connectivity index (χ0) is 9.42. The van der Waals surface area contributed by atoms with Crippen molar-refractivity contribution in [2.24, 2.45) is 5.10 Å². The first-order valence-electron chi connectivity index (χ1n) is 3.55. The number of nitrogens with zero attached hydrogens (tertiary/aromatic N) is 4. The highest BCUT2D eigenvalue weighted by atomic mass is 35.5. The molecule has 6 heteroatoms. The van der Waals surface area contributed by atoms with Gasteiger partial charge in [0.1, 0.15) is 5.82 Å². The van der Waals surface area contributed by atoms with Gasteiger partial charge in [-0.05, 0) is 6.92 Å². The minimum Gasteiger partial charge on any atom is -0.268 e. The first-order valence-corrected chi connectivity index (χ1v) is 4.31. The lowest BCUT2D eigenvalue weighted by molar-refractivity contribution is 0.942. The van der Waals surface area contributed by atoms with E-state index in [0.717, 1.165) is 0 Å².